The van der Waals surface area contributed by atoms with E-state index in [0.717, 1.165) is 31.4 Å². The fourth-order valence-corrected chi connectivity index (χ4v) is 2.23. The van der Waals surface area contributed by atoms with E-state index in [-0.39, 0.29) is 11.8 Å². The molecule has 1 amide bonds. The zero-order valence-corrected chi connectivity index (χ0v) is 9.74. The lowest BCUT2D eigenvalue weighted by Gasteiger charge is -2.20. The van der Waals surface area contributed by atoms with Gasteiger partial charge in [-0.15, -0.1) is 0 Å². The Kier molecular flexibility index (Phi) is 3.91. The summed E-state index contributed by atoms with van der Waals surface area (Å²) < 4.78 is 0. The maximum atomic E-state index is 11.9. The van der Waals surface area contributed by atoms with Crippen molar-refractivity contribution in [3.8, 4) is 0 Å². The summed E-state index contributed by atoms with van der Waals surface area (Å²) in [6, 6.07) is 6.79. The molecule has 89 valence electrons. The van der Waals surface area contributed by atoms with Crippen LogP contribution in [-0.2, 0) is 9.59 Å². The van der Waals surface area contributed by atoms with E-state index in [0.29, 0.717) is 5.56 Å². The third-order valence-electron chi connectivity index (χ3n) is 3.25. The normalized spacial score (nSPS) is 16.5. The highest BCUT2D eigenvalue weighted by Gasteiger charge is 2.20. The van der Waals surface area contributed by atoms with Gasteiger partial charge in [0.05, 0.1) is 0 Å². The molecule has 0 atom stereocenters. The van der Waals surface area contributed by atoms with Crippen LogP contribution in [0.25, 0.3) is 0 Å². The van der Waals surface area contributed by atoms with Crippen LogP contribution in [0.3, 0.4) is 0 Å². The molecule has 1 aromatic rings. The van der Waals surface area contributed by atoms with E-state index < -0.39 is 0 Å². The average molecular weight is 230 g/mol. The molecule has 1 radical (unpaired) electrons. The molecule has 3 nitrogen and oxygen atoms in total. The van der Waals surface area contributed by atoms with Gasteiger partial charge < -0.3 is 5.32 Å². The second kappa shape index (κ2) is 5.62. The maximum Gasteiger partial charge on any atom is 0.233 e. The highest BCUT2D eigenvalue weighted by molar-refractivity contribution is 5.92. The fraction of sp³-hybridized carbons (Fsp3) is 0.429. The standard InChI is InChI=1S/C14H16NO2/c16-10-11-6-8-13(9-7-11)15-14(17)12-4-2-1-3-5-12/h6-9,12H,1-5H2,(H,15,17). The van der Waals surface area contributed by atoms with Gasteiger partial charge in [-0.05, 0) is 37.1 Å². The molecular formula is C14H16NO2. The van der Waals surface area contributed by atoms with Gasteiger partial charge in [0.2, 0.25) is 12.2 Å². The van der Waals surface area contributed by atoms with Crippen molar-refractivity contribution in [3.63, 3.8) is 0 Å². The molecular weight excluding hydrogens is 214 g/mol. The van der Waals surface area contributed by atoms with E-state index in [1.807, 2.05) is 6.29 Å². The van der Waals surface area contributed by atoms with E-state index in [9.17, 15) is 9.59 Å². The van der Waals surface area contributed by atoms with Crippen molar-refractivity contribution in [2.24, 2.45) is 5.92 Å². The summed E-state index contributed by atoms with van der Waals surface area (Å²) in [5.41, 5.74) is 1.25. The molecule has 0 saturated heterocycles. The van der Waals surface area contributed by atoms with Gasteiger partial charge in [-0.1, -0.05) is 19.3 Å². The van der Waals surface area contributed by atoms with Crippen molar-refractivity contribution in [2.75, 3.05) is 5.32 Å². The van der Waals surface area contributed by atoms with Crippen LogP contribution in [0.1, 0.15) is 37.7 Å². The summed E-state index contributed by atoms with van der Waals surface area (Å²) in [4.78, 5) is 22.3. The van der Waals surface area contributed by atoms with E-state index >= 15 is 0 Å². The quantitative estimate of drug-likeness (QED) is 0.867. The van der Waals surface area contributed by atoms with Gasteiger partial charge in [0, 0.05) is 17.2 Å². The maximum absolute atomic E-state index is 11.9. The fourth-order valence-electron chi connectivity index (χ4n) is 2.23. The molecule has 3 heteroatoms. The van der Waals surface area contributed by atoms with Crippen LogP contribution >= 0.6 is 0 Å². The van der Waals surface area contributed by atoms with Crippen LogP contribution < -0.4 is 5.32 Å². The van der Waals surface area contributed by atoms with Crippen LogP contribution in [0, 0.1) is 5.92 Å². The summed E-state index contributed by atoms with van der Waals surface area (Å²) in [5.74, 6) is 0.258. The number of carbonyl (C=O) groups excluding carboxylic acids is 2. The summed E-state index contributed by atoms with van der Waals surface area (Å²) in [6.07, 6.45) is 7.34. The van der Waals surface area contributed by atoms with Crippen molar-refractivity contribution in [2.45, 2.75) is 32.1 Å². The lowest BCUT2D eigenvalue weighted by molar-refractivity contribution is -0.120. The molecule has 0 spiro atoms. The van der Waals surface area contributed by atoms with Gasteiger partial charge >= 0.3 is 0 Å². The molecule has 1 aliphatic rings. The second-order valence-electron chi connectivity index (χ2n) is 4.50. The van der Waals surface area contributed by atoms with E-state index in [4.69, 9.17) is 0 Å². The van der Waals surface area contributed by atoms with Gasteiger partial charge in [-0.2, -0.15) is 0 Å². The Morgan fingerprint density at radius 2 is 1.76 bits per heavy atom. The lowest BCUT2D eigenvalue weighted by Crippen LogP contribution is -2.24. The third kappa shape index (κ3) is 3.16. The van der Waals surface area contributed by atoms with Crippen molar-refractivity contribution in [3.05, 3.63) is 29.8 Å². The number of rotatable bonds is 3. The monoisotopic (exact) mass is 230 g/mol. The number of hydrogen-bond donors (Lipinski definition) is 1. The zero-order valence-electron chi connectivity index (χ0n) is 9.74. The van der Waals surface area contributed by atoms with Crippen molar-refractivity contribution in [1.82, 2.24) is 0 Å². The first-order valence-electron chi connectivity index (χ1n) is 6.08. The Labute approximate surface area is 101 Å². The van der Waals surface area contributed by atoms with Gasteiger partial charge in [-0.3, -0.25) is 9.59 Å². The number of benzene rings is 1. The predicted molar refractivity (Wildman–Crippen MR) is 66.4 cm³/mol. The van der Waals surface area contributed by atoms with Gasteiger partial charge in [0.1, 0.15) is 0 Å². The Hall–Kier alpha value is -1.64. The molecule has 1 aromatic carbocycles. The topological polar surface area (TPSA) is 46.2 Å². The van der Waals surface area contributed by atoms with Crippen LogP contribution in [0.4, 0.5) is 5.69 Å². The zero-order chi connectivity index (χ0) is 12.1. The SMILES string of the molecule is O=[C]c1ccc(NC(=O)C2CCCCC2)cc1. The number of carbonyl (C=O) groups is 1. The molecule has 1 fully saturated rings. The smallest absolute Gasteiger partial charge is 0.233 e. The van der Waals surface area contributed by atoms with Crippen molar-refractivity contribution < 1.29 is 9.59 Å². The molecule has 1 saturated carbocycles. The number of amides is 1. The first-order chi connectivity index (χ1) is 8.29. The van der Waals surface area contributed by atoms with E-state index in [1.165, 1.54) is 6.42 Å². The number of anilines is 1. The molecule has 0 aliphatic heterocycles. The summed E-state index contributed by atoms with van der Waals surface area (Å²) in [7, 11) is 0. The van der Waals surface area contributed by atoms with Crippen LogP contribution in [-0.4, -0.2) is 12.2 Å². The summed E-state index contributed by atoms with van der Waals surface area (Å²) in [6.45, 7) is 0. The molecule has 0 aromatic heterocycles. The average Bonchev–Trinajstić information content (AvgIpc) is 2.40. The minimum atomic E-state index is 0.104. The summed E-state index contributed by atoms with van der Waals surface area (Å²) in [5, 5.41) is 2.89. The minimum Gasteiger partial charge on any atom is -0.326 e. The van der Waals surface area contributed by atoms with Crippen molar-refractivity contribution in [1.29, 1.82) is 0 Å². The third-order valence-corrected chi connectivity index (χ3v) is 3.25. The largest absolute Gasteiger partial charge is 0.326 e. The molecule has 0 unspecified atom stereocenters. The Morgan fingerprint density at radius 3 is 2.35 bits per heavy atom. The van der Waals surface area contributed by atoms with Crippen molar-refractivity contribution >= 4 is 17.9 Å². The van der Waals surface area contributed by atoms with Crippen LogP contribution in [0.5, 0.6) is 0 Å². The number of hydrogen-bond acceptors (Lipinski definition) is 2. The Balaban J connectivity index is 1.94. The molecule has 17 heavy (non-hydrogen) atoms. The lowest BCUT2D eigenvalue weighted by atomic mass is 9.88. The van der Waals surface area contributed by atoms with Crippen LogP contribution in [0.2, 0.25) is 0 Å². The Bertz CT molecular complexity index is 391. The van der Waals surface area contributed by atoms with E-state index in [2.05, 4.69) is 5.32 Å². The minimum absolute atomic E-state index is 0.104. The highest BCUT2D eigenvalue weighted by atomic mass is 16.1. The molecule has 1 N–H and O–H groups in total. The first-order valence-corrected chi connectivity index (χ1v) is 6.08. The van der Waals surface area contributed by atoms with Crippen LogP contribution in [0.15, 0.2) is 24.3 Å². The number of nitrogens with one attached hydrogen (secondary N) is 1. The molecule has 0 heterocycles. The second-order valence-corrected chi connectivity index (χ2v) is 4.50. The summed E-state index contributed by atoms with van der Waals surface area (Å²) >= 11 is 0. The Morgan fingerprint density at radius 1 is 1.12 bits per heavy atom. The molecule has 2 rings (SSSR count). The van der Waals surface area contributed by atoms with Gasteiger partial charge in [0.25, 0.3) is 0 Å². The van der Waals surface area contributed by atoms with Gasteiger partial charge in [0.15, 0.2) is 0 Å². The van der Waals surface area contributed by atoms with Gasteiger partial charge in [-0.25, -0.2) is 0 Å². The highest BCUT2D eigenvalue weighted by Crippen LogP contribution is 2.24. The molecule has 1 aliphatic carbocycles. The van der Waals surface area contributed by atoms with E-state index in [1.54, 1.807) is 24.3 Å². The first kappa shape index (κ1) is 11.8. The molecule has 0 bridgehead atoms. The predicted octanol–water partition coefficient (Wildman–Crippen LogP) is 2.66.